The molecule has 4 aromatic carbocycles. The Bertz CT molecular complexity index is 2030. The first kappa shape index (κ1) is 38.3. The fourth-order valence-corrected chi connectivity index (χ4v) is 7.37. The van der Waals surface area contributed by atoms with E-state index in [4.69, 9.17) is 0 Å². The van der Waals surface area contributed by atoms with E-state index in [2.05, 4.69) is 5.32 Å². The molecule has 52 heavy (non-hydrogen) atoms. The van der Waals surface area contributed by atoms with E-state index in [1.807, 2.05) is 74.5 Å². The van der Waals surface area contributed by atoms with Crippen LogP contribution in [0.25, 0.3) is 0 Å². The van der Waals surface area contributed by atoms with Crippen molar-refractivity contribution in [1.82, 2.24) is 15.1 Å². The van der Waals surface area contributed by atoms with Crippen molar-refractivity contribution in [2.45, 2.75) is 75.8 Å². The molecular formula is C40H44FN3O7S. The van der Waals surface area contributed by atoms with Gasteiger partial charge in [-0.25, -0.2) is 17.6 Å². The van der Waals surface area contributed by atoms with Crippen LogP contribution in [-0.4, -0.2) is 76.3 Å². The van der Waals surface area contributed by atoms with Gasteiger partial charge >= 0.3 is 5.97 Å². The number of hydrogen-bond donors (Lipinski definition) is 3. The second-order valence-corrected chi connectivity index (χ2v) is 16.3. The lowest BCUT2D eigenvalue weighted by atomic mass is 9.91. The van der Waals surface area contributed by atoms with Crippen LogP contribution in [0.1, 0.15) is 82.0 Å². The highest BCUT2D eigenvalue weighted by atomic mass is 32.2. The minimum atomic E-state index is -3.69. The molecule has 3 N–H and O–H groups in total. The summed E-state index contributed by atoms with van der Waals surface area (Å²) in [6.07, 6.45) is -0.401. The van der Waals surface area contributed by atoms with Gasteiger partial charge in [0, 0.05) is 18.4 Å². The molecule has 5 rings (SSSR count). The fraction of sp³-hybridized carbons (Fsp3) is 0.325. The van der Waals surface area contributed by atoms with Gasteiger partial charge in [0.25, 0.3) is 5.91 Å². The van der Waals surface area contributed by atoms with Gasteiger partial charge in [-0.05, 0) is 86.7 Å². The molecule has 1 aliphatic heterocycles. The van der Waals surface area contributed by atoms with Crippen LogP contribution in [0.4, 0.5) is 4.39 Å². The lowest BCUT2D eigenvalue weighted by Gasteiger charge is -2.41. The molecule has 4 unspecified atom stereocenters. The highest BCUT2D eigenvalue weighted by molar-refractivity contribution is 7.90. The number of nitrogens with one attached hydrogen (secondary N) is 1. The minimum Gasteiger partial charge on any atom is -0.478 e. The number of carboxylic acid groups (broad SMARTS) is 1. The highest BCUT2D eigenvalue weighted by Gasteiger charge is 2.50. The van der Waals surface area contributed by atoms with Crippen molar-refractivity contribution >= 4 is 27.6 Å². The number of aliphatic hydroxyl groups is 1. The average Bonchev–Trinajstić information content (AvgIpc) is 3.34. The van der Waals surface area contributed by atoms with E-state index >= 15 is 0 Å². The number of aromatic carboxylic acids is 1. The van der Waals surface area contributed by atoms with Gasteiger partial charge in [0.05, 0.1) is 34.7 Å². The van der Waals surface area contributed by atoms with Gasteiger partial charge in [0.1, 0.15) is 11.9 Å². The Kier molecular flexibility index (Phi) is 11.3. The molecule has 10 nitrogen and oxygen atoms in total. The zero-order chi connectivity index (χ0) is 38.0. The molecule has 274 valence electrons. The molecule has 1 heterocycles. The summed E-state index contributed by atoms with van der Waals surface area (Å²) in [6, 6.07) is 24.7. The maximum absolute atomic E-state index is 15.0. The van der Waals surface area contributed by atoms with Crippen LogP contribution < -0.4 is 5.32 Å². The van der Waals surface area contributed by atoms with Gasteiger partial charge in [-0.2, -0.15) is 0 Å². The van der Waals surface area contributed by atoms with E-state index in [1.54, 1.807) is 11.8 Å². The summed E-state index contributed by atoms with van der Waals surface area (Å²) in [5.41, 5.74) is 0.938. The number of sulfone groups is 1. The molecule has 2 amide bonds. The lowest BCUT2D eigenvalue weighted by Crippen LogP contribution is -2.57. The largest absolute Gasteiger partial charge is 0.478 e. The summed E-state index contributed by atoms with van der Waals surface area (Å²) < 4.78 is 39.3. The Balaban J connectivity index is 1.66. The molecule has 12 heteroatoms. The summed E-state index contributed by atoms with van der Waals surface area (Å²) in [5, 5.41) is 24.6. The smallest absolute Gasteiger partial charge is 0.335 e. The number of halogens is 1. The SMILES string of the molecule is CC(c1ccc(F)cc1)N(C(=O)c1cc(C(=O)O)cc([C@@H](C)S(C)(=O)=O)c1)C(Cc1ccccc1)C(O)C1NC(C)(C)N(Cc2ccccc2)C1=O. The average molecular weight is 730 g/mol. The van der Waals surface area contributed by atoms with Crippen molar-refractivity contribution in [2.75, 3.05) is 6.26 Å². The number of benzene rings is 4. The Morgan fingerprint density at radius 1 is 0.885 bits per heavy atom. The van der Waals surface area contributed by atoms with Gasteiger partial charge in [-0.15, -0.1) is 0 Å². The number of hydrogen-bond acceptors (Lipinski definition) is 7. The molecule has 0 saturated carbocycles. The van der Waals surface area contributed by atoms with Crippen LogP contribution in [0.3, 0.4) is 0 Å². The third-order valence-corrected chi connectivity index (χ3v) is 11.4. The Morgan fingerprint density at radius 3 is 2.00 bits per heavy atom. The van der Waals surface area contributed by atoms with Crippen molar-refractivity contribution in [1.29, 1.82) is 0 Å². The van der Waals surface area contributed by atoms with Gasteiger partial charge in [-0.1, -0.05) is 72.8 Å². The summed E-state index contributed by atoms with van der Waals surface area (Å²) in [4.78, 5) is 44.5. The standard InChI is InChI=1S/C40H44FN3O7S/c1-25(29-16-18-33(41)19-17-29)44(37(46)31-21-30(26(2)52(5,50)51)22-32(23-31)39(48)49)34(20-27-12-8-6-9-13-27)36(45)35-38(47)43(40(3,4)42-35)24-28-14-10-7-11-15-28/h6-19,21-23,25-26,34-36,42,45H,20,24H2,1-5H3,(H,48,49)/t25?,26-,34?,35?,36?/m1/s1. The van der Waals surface area contributed by atoms with E-state index < -0.39 is 62.7 Å². The minimum absolute atomic E-state index is 0.0784. The Labute approximate surface area is 303 Å². The van der Waals surface area contributed by atoms with E-state index in [0.717, 1.165) is 17.4 Å². The van der Waals surface area contributed by atoms with Crippen LogP contribution in [0.2, 0.25) is 0 Å². The van der Waals surface area contributed by atoms with Gasteiger partial charge in [0.15, 0.2) is 9.84 Å². The summed E-state index contributed by atoms with van der Waals surface area (Å²) in [7, 11) is -3.69. The van der Waals surface area contributed by atoms with Gasteiger partial charge < -0.3 is 20.0 Å². The summed E-state index contributed by atoms with van der Waals surface area (Å²) in [5.74, 6) is -2.95. The van der Waals surface area contributed by atoms with Crippen molar-refractivity contribution in [3.63, 3.8) is 0 Å². The maximum Gasteiger partial charge on any atom is 0.335 e. The molecule has 0 bridgehead atoms. The van der Waals surface area contributed by atoms with E-state index in [1.165, 1.54) is 54.3 Å². The first-order chi connectivity index (χ1) is 24.5. The van der Waals surface area contributed by atoms with Crippen LogP contribution in [0, 0.1) is 5.82 Å². The predicted octanol–water partition coefficient (Wildman–Crippen LogP) is 5.54. The number of carbonyl (C=O) groups is 3. The van der Waals surface area contributed by atoms with Crippen LogP contribution in [0.15, 0.2) is 103 Å². The molecule has 0 aromatic heterocycles. The molecule has 0 aliphatic carbocycles. The fourth-order valence-electron chi connectivity index (χ4n) is 6.74. The van der Waals surface area contributed by atoms with Crippen molar-refractivity contribution in [3.05, 3.63) is 142 Å². The van der Waals surface area contributed by atoms with Crippen molar-refractivity contribution in [2.24, 2.45) is 0 Å². The second-order valence-electron chi connectivity index (χ2n) is 13.9. The molecule has 0 radical (unpaired) electrons. The first-order valence-corrected chi connectivity index (χ1v) is 18.9. The number of rotatable bonds is 13. The Morgan fingerprint density at radius 2 is 1.44 bits per heavy atom. The highest BCUT2D eigenvalue weighted by Crippen LogP contribution is 2.34. The number of amides is 2. The van der Waals surface area contributed by atoms with Crippen LogP contribution in [0.5, 0.6) is 0 Å². The first-order valence-electron chi connectivity index (χ1n) is 17.0. The summed E-state index contributed by atoms with van der Waals surface area (Å²) >= 11 is 0. The predicted molar refractivity (Wildman–Crippen MR) is 196 cm³/mol. The van der Waals surface area contributed by atoms with E-state index in [9.17, 15) is 37.4 Å². The normalized spacial score (nSPS) is 18.0. The number of aliphatic hydroxyl groups excluding tert-OH is 1. The number of carbonyl (C=O) groups excluding carboxylic acids is 2. The third kappa shape index (κ3) is 8.41. The zero-order valence-corrected chi connectivity index (χ0v) is 30.5. The Hall–Kier alpha value is -4.91. The summed E-state index contributed by atoms with van der Waals surface area (Å²) in [6.45, 7) is 7.04. The second kappa shape index (κ2) is 15.4. The lowest BCUT2D eigenvalue weighted by molar-refractivity contribution is -0.134. The molecule has 1 fully saturated rings. The maximum atomic E-state index is 15.0. The van der Waals surface area contributed by atoms with E-state index in [-0.39, 0.29) is 35.6 Å². The van der Waals surface area contributed by atoms with Crippen molar-refractivity contribution < 1.29 is 37.4 Å². The van der Waals surface area contributed by atoms with Crippen LogP contribution in [-0.2, 0) is 27.6 Å². The monoisotopic (exact) mass is 729 g/mol. The van der Waals surface area contributed by atoms with E-state index in [0.29, 0.717) is 5.56 Å². The number of nitrogens with zero attached hydrogens (tertiary/aromatic N) is 2. The van der Waals surface area contributed by atoms with Gasteiger partial charge in [0.2, 0.25) is 5.91 Å². The quantitative estimate of drug-likeness (QED) is 0.163. The molecule has 1 saturated heterocycles. The van der Waals surface area contributed by atoms with Crippen LogP contribution >= 0.6 is 0 Å². The molecule has 4 aromatic rings. The number of carboxylic acids is 1. The molecular weight excluding hydrogens is 686 g/mol. The molecule has 1 aliphatic rings. The molecule has 5 atom stereocenters. The third-order valence-electron chi connectivity index (χ3n) is 9.84. The van der Waals surface area contributed by atoms with Crippen molar-refractivity contribution in [3.8, 4) is 0 Å². The van der Waals surface area contributed by atoms with Gasteiger partial charge in [-0.3, -0.25) is 14.9 Å². The zero-order valence-electron chi connectivity index (χ0n) is 29.7. The molecule has 0 spiro atoms. The topological polar surface area (TPSA) is 144 Å².